The van der Waals surface area contributed by atoms with Gasteiger partial charge in [0.2, 0.25) is 0 Å². The predicted molar refractivity (Wildman–Crippen MR) is 94.8 cm³/mol. The van der Waals surface area contributed by atoms with Crippen molar-refractivity contribution in [1.29, 1.82) is 0 Å². The van der Waals surface area contributed by atoms with E-state index < -0.39 is 0 Å². The van der Waals surface area contributed by atoms with Gasteiger partial charge in [-0.3, -0.25) is 0 Å². The first-order valence-corrected chi connectivity index (χ1v) is 11.1. The molecule has 0 radical (unpaired) electrons. The fourth-order valence-electron chi connectivity index (χ4n) is 3.17. The second kappa shape index (κ2) is 6.95. The van der Waals surface area contributed by atoms with Crippen LogP contribution in [-0.2, 0) is 11.8 Å². The van der Waals surface area contributed by atoms with Crippen molar-refractivity contribution in [1.82, 2.24) is 0 Å². The van der Waals surface area contributed by atoms with Gasteiger partial charge in [0.1, 0.15) is 0 Å². The van der Waals surface area contributed by atoms with Gasteiger partial charge in [-0.15, -0.1) is 0 Å². The van der Waals surface area contributed by atoms with Crippen LogP contribution in [0.4, 0.5) is 0 Å². The van der Waals surface area contributed by atoms with E-state index in [2.05, 4.69) is 52.0 Å². The molecule has 0 spiro atoms. The molecule has 0 aliphatic carbocycles. The van der Waals surface area contributed by atoms with Gasteiger partial charge in [-0.2, -0.15) is 0 Å². The van der Waals surface area contributed by atoms with E-state index in [1.165, 1.54) is 21.1 Å². The summed E-state index contributed by atoms with van der Waals surface area (Å²) < 4.78 is 14.8. The van der Waals surface area contributed by atoms with Gasteiger partial charge in [-0.25, -0.2) is 0 Å². The van der Waals surface area contributed by atoms with Gasteiger partial charge in [0.05, 0.1) is 0 Å². The number of ether oxygens (including phenoxy) is 2. The van der Waals surface area contributed by atoms with Crippen LogP contribution in [0.1, 0.15) is 43.9 Å². The van der Waals surface area contributed by atoms with Crippen molar-refractivity contribution in [2.24, 2.45) is 0 Å². The topological polar surface area (TPSA) is 18.5 Å². The molecule has 0 bridgehead atoms. The molecule has 3 heteroatoms. The fourth-order valence-corrected chi connectivity index (χ4v) is 6.67. The van der Waals surface area contributed by atoms with Crippen molar-refractivity contribution in [3.05, 3.63) is 50.6 Å². The Morgan fingerprint density at radius 1 is 1.17 bits per heavy atom. The van der Waals surface area contributed by atoms with E-state index in [0.29, 0.717) is 0 Å². The summed E-state index contributed by atoms with van der Waals surface area (Å²) in [5.74, 6) is 2.58. The van der Waals surface area contributed by atoms with Gasteiger partial charge < -0.3 is 0 Å². The van der Waals surface area contributed by atoms with Gasteiger partial charge in [0.15, 0.2) is 0 Å². The Morgan fingerprint density at radius 3 is 2.67 bits per heavy atom. The summed E-state index contributed by atoms with van der Waals surface area (Å²) in [6, 6.07) is 10.8. The Morgan fingerprint density at radius 2 is 1.96 bits per heavy atom. The second-order valence-corrected chi connectivity index (χ2v) is 9.71. The average molecular weight is 437 g/mol. The number of benzene rings is 2. The molecule has 0 unspecified atom stereocenters. The molecule has 3 rings (SSSR count). The summed E-state index contributed by atoms with van der Waals surface area (Å²) in [4.78, 5) is 0. The number of aryl methyl sites for hydroxylation is 1. The number of fused-ring (bicyclic) bond motifs is 1. The zero-order valence-corrected chi connectivity index (χ0v) is 17.4. The maximum atomic E-state index is 6.32. The van der Waals surface area contributed by atoms with Gasteiger partial charge in [0.25, 0.3) is 0 Å². The van der Waals surface area contributed by atoms with Gasteiger partial charge in [-0.1, -0.05) is 0 Å². The Kier molecular flexibility index (Phi) is 5.09. The van der Waals surface area contributed by atoms with Crippen molar-refractivity contribution >= 4 is 0 Å². The molecule has 2 nitrogen and oxygen atoms in total. The SMILES string of the molecule is CCCc1ccc(OC)c(Oc2ccc3c(c2)C(C)(C)C[I-]3)c1C. The Labute approximate surface area is 155 Å². The molecule has 0 fully saturated rings. The molecule has 0 saturated carbocycles. The third-order valence-corrected chi connectivity index (χ3v) is 8.70. The summed E-state index contributed by atoms with van der Waals surface area (Å²) in [5.41, 5.74) is 4.27. The molecule has 130 valence electrons. The van der Waals surface area contributed by atoms with Crippen LogP contribution in [-0.4, -0.2) is 11.5 Å². The van der Waals surface area contributed by atoms with Crippen molar-refractivity contribution in [3.63, 3.8) is 0 Å². The summed E-state index contributed by atoms with van der Waals surface area (Å²) >= 11 is 0.153. The number of hydrogen-bond donors (Lipinski definition) is 0. The molecule has 0 amide bonds. The van der Waals surface area contributed by atoms with Crippen LogP contribution in [0.5, 0.6) is 17.2 Å². The molecule has 1 aliphatic rings. The molecule has 2 aromatic rings. The molecule has 1 aliphatic heterocycles. The minimum atomic E-state index is 0.153. The first-order chi connectivity index (χ1) is 11.5. The number of alkyl halides is 1. The van der Waals surface area contributed by atoms with E-state index in [1.54, 1.807) is 10.7 Å². The summed E-state index contributed by atoms with van der Waals surface area (Å²) in [5, 5.41) is 0. The van der Waals surface area contributed by atoms with E-state index in [-0.39, 0.29) is 26.6 Å². The van der Waals surface area contributed by atoms with Crippen molar-refractivity contribution < 1.29 is 30.7 Å². The van der Waals surface area contributed by atoms with Crippen molar-refractivity contribution in [3.8, 4) is 17.2 Å². The van der Waals surface area contributed by atoms with E-state index in [9.17, 15) is 0 Å². The van der Waals surface area contributed by atoms with Crippen molar-refractivity contribution in [2.75, 3.05) is 11.5 Å². The molecule has 1 heterocycles. The molecule has 24 heavy (non-hydrogen) atoms. The third kappa shape index (κ3) is 3.28. The number of rotatable bonds is 5. The predicted octanol–water partition coefficient (Wildman–Crippen LogP) is 2.30. The minimum absolute atomic E-state index is 0.153. The van der Waals surface area contributed by atoms with Gasteiger partial charge in [-0.05, 0) is 0 Å². The zero-order chi connectivity index (χ0) is 17.3. The quantitative estimate of drug-likeness (QED) is 0.528. The number of methoxy groups -OCH3 is 1. The molecular formula is C21H26IO2-. The van der Waals surface area contributed by atoms with Crippen LogP contribution in [0, 0.1) is 10.5 Å². The average Bonchev–Trinajstić information content (AvgIpc) is 2.87. The van der Waals surface area contributed by atoms with Crippen LogP contribution in [0.15, 0.2) is 30.3 Å². The first-order valence-electron chi connectivity index (χ1n) is 8.54. The fraction of sp³-hybridized carbons (Fsp3) is 0.429. The van der Waals surface area contributed by atoms with Gasteiger partial charge in [0, 0.05) is 0 Å². The summed E-state index contributed by atoms with van der Waals surface area (Å²) in [6.07, 6.45) is 2.19. The number of hydrogen-bond acceptors (Lipinski definition) is 2. The van der Waals surface area contributed by atoms with E-state index in [4.69, 9.17) is 9.47 Å². The second-order valence-electron chi connectivity index (χ2n) is 7.03. The molecule has 0 aromatic heterocycles. The van der Waals surface area contributed by atoms with Crippen molar-refractivity contribution in [2.45, 2.75) is 46.0 Å². The Hall–Kier alpha value is -1.23. The summed E-state index contributed by atoms with van der Waals surface area (Å²) in [6.45, 7) is 9.02. The normalized spacial score (nSPS) is 15.5. The molecule has 0 atom stereocenters. The molecule has 0 N–H and O–H groups in total. The molecule has 2 aromatic carbocycles. The van der Waals surface area contributed by atoms with E-state index in [1.807, 2.05) is 6.07 Å². The van der Waals surface area contributed by atoms with Crippen LogP contribution >= 0.6 is 0 Å². The zero-order valence-electron chi connectivity index (χ0n) is 15.2. The third-order valence-electron chi connectivity index (χ3n) is 4.65. The van der Waals surface area contributed by atoms with E-state index >= 15 is 0 Å². The molecule has 0 saturated heterocycles. The Balaban J connectivity index is 1.98. The first kappa shape index (κ1) is 17.6. The van der Waals surface area contributed by atoms with Crippen LogP contribution in [0.2, 0.25) is 0 Å². The summed E-state index contributed by atoms with van der Waals surface area (Å²) in [7, 11) is 1.71. The van der Waals surface area contributed by atoms with Crippen LogP contribution < -0.4 is 30.7 Å². The maximum absolute atomic E-state index is 6.32. The number of halogens is 1. The Bertz CT molecular complexity index is 750. The standard InChI is InChI=1S/C21H26IO2/c1-6-7-15-8-11-19(23-5)20(14(15)2)24-16-9-10-18-17(12-16)21(3,4)13-22-18/h8-12H,6-7,13H2,1-5H3/q-1. The van der Waals surface area contributed by atoms with Crippen LogP contribution in [0.3, 0.4) is 0 Å². The monoisotopic (exact) mass is 437 g/mol. The van der Waals surface area contributed by atoms with Gasteiger partial charge >= 0.3 is 156 Å². The van der Waals surface area contributed by atoms with E-state index in [0.717, 1.165) is 30.1 Å². The molecular weight excluding hydrogens is 411 g/mol. The van der Waals surface area contributed by atoms with Crippen LogP contribution in [0.25, 0.3) is 0 Å².